The number of halogens is 2. The smallest absolute Gasteiger partial charge is 0.322 e. The Morgan fingerprint density at radius 2 is 1.80 bits per heavy atom. The van der Waals surface area contributed by atoms with Gasteiger partial charge >= 0.3 is 6.03 Å². The molecule has 0 unspecified atom stereocenters. The number of carbonyl (C=O) groups is 2. The number of likely N-dealkylation sites (tertiary alicyclic amines) is 1. The molecule has 248 valence electrons. The minimum atomic E-state index is -3.32. The van der Waals surface area contributed by atoms with E-state index in [0.29, 0.717) is 35.8 Å². The normalized spacial score (nSPS) is 14.2. The minimum Gasteiger partial charge on any atom is -0.438 e. The van der Waals surface area contributed by atoms with Gasteiger partial charge in [-0.05, 0) is 74.1 Å². The first-order valence-electron chi connectivity index (χ1n) is 15.3. The van der Waals surface area contributed by atoms with Gasteiger partial charge in [0.15, 0.2) is 9.84 Å². The molecule has 46 heavy (non-hydrogen) atoms. The van der Waals surface area contributed by atoms with Crippen molar-refractivity contribution in [3.05, 3.63) is 75.7 Å². The number of pyridine rings is 1. The maximum atomic E-state index is 14.1. The molecule has 1 fully saturated rings. The van der Waals surface area contributed by atoms with Crippen LogP contribution < -0.4 is 15.8 Å². The van der Waals surface area contributed by atoms with Crippen LogP contribution in [0.1, 0.15) is 66.1 Å². The number of nitrogens with zero attached hydrogens (tertiary/aromatic N) is 3. The van der Waals surface area contributed by atoms with Crippen molar-refractivity contribution in [2.45, 2.75) is 70.4 Å². The fourth-order valence-corrected chi connectivity index (χ4v) is 6.58. The maximum absolute atomic E-state index is 14.1. The molecular weight excluding hydrogens is 633 g/mol. The average molecular weight is 674 g/mol. The van der Waals surface area contributed by atoms with Crippen LogP contribution in [0.5, 0.6) is 11.6 Å². The van der Waals surface area contributed by atoms with Gasteiger partial charge in [0.1, 0.15) is 11.6 Å². The van der Waals surface area contributed by atoms with Gasteiger partial charge in [-0.1, -0.05) is 37.4 Å². The molecular formula is C33H41ClFN5O5S. The molecule has 2 heterocycles. The number of urea groups is 1. The molecule has 0 atom stereocenters. The number of rotatable bonds is 12. The minimum absolute atomic E-state index is 0.00240. The molecule has 1 saturated heterocycles. The zero-order chi connectivity index (χ0) is 33.6. The van der Waals surface area contributed by atoms with E-state index in [1.54, 1.807) is 38.2 Å². The van der Waals surface area contributed by atoms with Gasteiger partial charge in [0.2, 0.25) is 5.88 Å². The first-order valence-corrected chi connectivity index (χ1v) is 17.6. The van der Waals surface area contributed by atoms with Crippen molar-refractivity contribution in [2.24, 2.45) is 5.73 Å². The summed E-state index contributed by atoms with van der Waals surface area (Å²) in [5, 5.41) is 2.75. The lowest BCUT2D eigenvalue weighted by molar-refractivity contribution is 0.0996. The highest BCUT2D eigenvalue weighted by Gasteiger charge is 2.28. The number of nitrogens with two attached hydrogens (primary N) is 1. The van der Waals surface area contributed by atoms with E-state index >= 15 is 0 Å². The molecule has 0 radical (unpaired) electrons. The summed E-state index contributed by atoms with van der Waals surface area (Å²) in [5.41, 5.74) is 7.51. The summed E-state index contributed by atoms with van der Waals surface area (Å²) >= 11 is 6.18. The van der Waals surface area contributed by atoms with E-state index in [1.165, 1.54) is 12.3 Å². The van der Waals surface area contributed by atoms with E-state index in [2.05, 4.69) is 22.1 Å². The number of sulfone groups is 1. The number of ether oxygens (including phenoxy) is 1. The van der Waals surface area contributed by atoms with E-state index in [4.69, 9.17) is 22.1 Å². The van der Waals surface area contributed by atoms with E-state index < -0.39 is 21.6 Å². The van der Waals surface area contributed by atoms with E-state index in [0.717, 1.165) is 56.8 Å². The second kappa shape index (κ2) is 15.2. The Morgan fingerprint density at radius 3 is 2.37 bits per heavy atom. The lowest BCUT2D eigenvalue weighted by Crippen LogP contribution is -2.49. The van der Waals surface area contributed by atoms with Gasteiger partial charge in [-0.3, -0.25) is 9.69 Å². The molecule has 1 aromatic heterocycles. The van der Waals surface area contributed by atoms with Gasteiger partial charge in [-0.15, -0.1) is 0 Å². The van der Waals surface area contributed by atoms with Crippen LogP contribution in [-0.2, 0) is 16.4 Å². The Balaban J connectivity index is 1.37. The van der Waals surface area contributed by atoms with Crippen LogP contribution in [0.15, 0.2) is 47.5 Å². The lowest BCUT2D eigenvalue weighted by Gasteiger charge is -2.38. The van der Waals surface area contributed by atoms with Crippen molar-refractivity contribution in [1.82, 2.24) is 14.8 Å². The summed E-state index contributed by atoms with van der Waals surface area (Å²) in [7, 11) is -3.32. The summed E-state index contributed by atoms with van der Waals surface area (Å²) in [5.74, 6) is -0.789. The van der Waals surface area contributed by atoms with Gasteiger partial charge in [0.05, 0.1) is 21.2 Å². The summed E-state index contributed by atoms with van der Waals surface area (Å²) in [6.07, 6.45) is 7.30. The van der Waals surface area contributed by atoms with Gasteiger partial charge in [-0.25, -0.2) is 22.6 Å². The van der Waals surface area contributed by atoms with Gasteiger partial charge in [0.25, 0.3) is 5.91 Å². The van der Waals surface area contributed by atoms with Crippen LogP contribution in [0.4, 0.5) is 14.9 Å². The summed E-state index contributed by atoms with van der Waals surface area (Å²) in [6.45, 7) is 8.50. The van der Waals surface area contributed by atoms with Crippen LogP contribution in [0, 0.1) is 19.7 Å². The third-order valence-electron chi connectivity index (χ3n) is 8.10. The van der Waals surface area contributed by atoms with Crippen LogP contribution in [0.2, 0.25) is 5.02 Å². The Morgan fingerprint density at radius 1 is 1.13 bits per heavy atom. The quantitative estimate of drug-likeness (QED) is 0.210. The first-order chi connectivity index (χ1) is 21.8. The van der Waals surface area contributed by atoms with E-state index in [-0.39, 0.29) is 33.2 Å². The van der Waals surface area contributed by atoms with Crippen LogP contribution in [-0.4, -0.2) is 67.1 Å². The molecule has 3 N–H and O–H groups in total. The number of unbranched alkanes of at least 4 members (excludes halogenated alkanes) is 2. The second-order valence-electron chi connectivity index (χ2n) is 11.8. The molecule has 0 saturated carbocycles. The number of carbonyl (C=O) groups excluding carboxylic acids is 2. The predicted molar refractivity (Wildman–Crippen MR) is 177 cm³/mol. The van der Waals surface area contributed by atoms with E-state index in [9.17, 15) is 22.4 Å². The Kier molecular flexibility index (Phi) is 11.6. The molecule has 1 aliphatic rings. The number of aromatic nitrogens is 1. The van der Waals surface area contributed by atoms with Crippen molar-refractivity contribution < 1.29 is 27.1 Å². The van der Waals surface area contributed by atoms with Crippen molar-refractivity contribution in [3.8, 4) is 11.6 Å². The molecule has 3 aromatic rings. The number of anilines is 1. The fourth-order valence-electron chi connectivity index (χ4n) is 5.61. The molecule has 1 aliphatic heterocycles. The van der Waals surface area contributed by atoms with E-state index in [1.807, 2.05) is 11.0 Å². The number of piperidine rings is 1. The Hall–Kier alpha value is -3.74. The van der Waals surface area contributed by atoms with Crippen LogP contribution >= 0.6 is 11.6 Å². The van der Waals surface area contributed by atoms with Crippen LogP contribution in [0.3, 0.4) is 0 Å². The van der Waals surface area contributed by atoms with Gasteiger partial charge < -0.3 is 20.7 Å². The lowest BCUT2D eigenvalue weighted by atomic mass is 10.0. The van der Waals surface area contributed by atoms with Crippen molar-refractivity contribution in [1.29, 1.82) is 0 Å². The number of hydrogen-bond donors (Lipinski definition) is 2. The molecule has 0 bridgehead atoms. The van der Waals surface area contributed by atoms with Gasteiger partial charge in [-0.2, -0.15) is 0 Å². The highest BCUT2D eigenvalue weighted by molar-refractivity contribution is 7.90. The number of primary amides is 1. The Bertz CT molecular complexity index is 1660. The van der Waals surface area contributed by atoms with Crippen molar-refractivity contribution in [2.75, 3.05) is 31.2 Å². The van der Waals surface area contributed by atoms with Gasteiger partial charge in [0, 0.05) is 50.7 Å². The number of benzene rings is 2. The zero-order valence-electron chi connectivity index (χ0n) is 26.6. The SMILES string of the molecule is CCCCCN(C(=O)Nc1cc(C(N)=O)c(F)cc1Cl)C1CCN(Cc2ccc(Oc3c(C)cc(S(C)(=O)=O)cc3C)nc2)CC1. The fraction of sp³-hybridized carbons (Fsp3) is 0.424. The standard InChI is InChI=1S/C33H41ClFN5O5S/c1-5-6-7-12-40(33(42)38-29-17-26(32(36)41)28(35)18-27(29)34)24-10-13-39(14-11-24)20-23-8-9-30(37-19-23)45-31-21(2)15-25(16-22(31)3)46(4,43)44/h8-9,15-19,24H,5-7,10-14,20H2,1-4H3,(H2,36,41)(H,38,42). The third-order valence-corrected chi connectivity index (χ3v) is 9.50. The summed E-state index contributed by atoms with van der Waals surface area (Å²) < 4.78 is 44.0. The second-order valence-corrected chi connectivity index (χ2v) is 14.2. The molecule has 13 heteroatoms. The molecule has 0 aliphatic carbocycles. The van der Waals surface area contributed by atoms with Crippen LogP contribution in [0.25, 0.3) is 0 Å². The molecule has 0 spiro atoms. The monoisotopic (exact) mass is 673 g/mol. The Labute approximate surface area is 275 Å². The van der Waals surface area contributed by atoms with Crippen molar-refractivity contribution >= 4 is 39.1 Å². The molecule has 4 rings (SSSR count). The number of aryl methyl sites for hydroxylation is 2. The number of amides is 3. The predicted octanol–water partition coefficient (Wildman–Crippen LogP) is 6.47. The topological polar surface area (TPSA) is 135 Å². The zero-order valence-corrected chi connectivity index (χ0v) is 28.2. The average Bonchev–Trinajstić information content (AvgIpc) is 2.99. The number of nitrogens with one attached hydrogen (secondary N) is 1. The summed E-state index contributed by atoms with van der Waals surface area (Å²) in [4.78, 5) is 33.9. The first kappa shape index (κ1) is 35.1. The molecule has 2 aromatic carbocycles. The maximum Gasteiger partial charge on any atom is 0.322 e. The van der Waals surface area contributed by atoms with Crippen molar-refractivity contribution in [3.63, 3.8) is 0 Å². The number of hydrogen-bond acceptors (Lipinski definition) is 7. The summed E-state index contributed by atoms with van der Waals surface area (Å²) in [6, 6.07) is 8.75. The molecule has 3 amide bonds. The largest absolute Gasteiger partial charge is 0.438 e. The molecule has 10 nitrogen and oxygen atoms in total. The highest BCUT2D eigenvalue weighted by Crippen LogP contribution is 2.31. The third kappa shape index (κ3) is 8.95. The highest BCUT2D eigenvalue weighted by atomic mass is 35.5.